The number of rotatable bonds is 2. The maximum absolute atomic E-state index is 11.9. The fourth-order valence-electron chi connectivity index (χ4n) is 1.57. The zero-order chi connectivity index (χ0) is 12.3. The van der Waals surface area contributed by atoms with Crippen molar-refractivity contribution < 1.29 is 4.79 Å². The molecule has 17 heavy (non-hydrogen) atoms. The second-order valence-corrected chi connectivity index (χ2v) is 3.88. The zero-order valence-corrected chi connectivity index (χ0v) is 9.87. The fourth-order valence-corrected chi connectivity index (χ4v) is 1.57. The van der Waals surface area contributed by atoms with Gasteiger partial charge in [0.15, 0.2) is 0 Å². The Balaban J connectivity index is 2.07. The number of aryl methyl sites for hydroxylation is 1. The lowest BCUT2D eigenvalue weighted by Crippen LogP contribution is -2.30. The molecule has 5 heteroatoms. The van der Waals surface area contributed by atoms with Crippen molar-refractivity contribution in [3.63, 3.8) is 0 Å². The van der Waals surface area contributed by atoms with Crippen molar-refractivity contribution in [1.29, 1.82) is 0 Å². The minimum atomic E-state index is -0.120. The van der Waals surface area contributed by atoms with Crippen LogP contribution < -0.4 is 0 Å². The van der Waals surface area contributed by atoms with Crippen LogP contribution in [0.4, 0.5) is 4.79 Å². The van der Waals surface area contributed by atoms with Crippen molar-refractivity contribution in [2.45, 2.75) is 13.5 Å². The molecule has 0 radical (unpaired) electrons. The molecular weight excluding hydrogens is 216 g/mol. The van der Waals surface area contributed by atoms with Crippen LogP contribution in [0.1, 0.15) is 11.4 Å². The maximum Gasteiger partial charge on any atom is 0.329 e. The van der Waals surface area contributed by atoms with Gasteiger partial charge in [0.1, 0.15) is 6.33 Å². The highest BCUT2D eigenvalue weighted by Gasteiger charge is 2.11. The summed E-state index contributed by atoms with van der Waals surface area (Å²) >= 11 is 0. The first-order chi connectivity index (χ1) is 8.16. The molecule has 2 aromatic rings. The van der Waals surface area contributed by atoms with Crippen LogP contribution in [0.25, 0.3) is 0 Å². The molecule has 88 valence electrons. The fraction of sp³-hybridized carbons (Fsp3) is 0.250. The Labute approximate surface area is 99.7 Å². The quantitative estimate of drug-likeness (QED) is 0.788. The number of carbonyl (C=O) groups is 1. The normalized spacial score (nSPS) is 10.2. The van der Waals surface area contributed by atoms with Crippen LogP contribution >= 0.6 is 0 Å². The van der Waals surface area contributed by atoms with Gasteiger partial charge in [-0.25, -0.2) is 9.78 Å². The van der Waals surface area contributed by atoms with Gasteiger partial charge in [-0.2, -0.15) is 0 Å². The number of nitrogens with zero attached hydrogens (tertiary/aromatic N) is 4. The van der Waals surface area contributed by atoms with Gasteiger partial charge in [0, 0.05) is 25.1 Å². The molecule has 0 N–H and O–H groups in total. The van der Waals surface area contributed by atoms with E-state index in [0.717, 1.165) is 11.4 Å². The topological polar surface area (TPSA) is 51.0 Å². The van der Waals surface area contributed by atoms with Crippen molar-refractivity contribution in [1.82, 2.24) is 19.4 Å². The average molecular weight is 230 g/mol. The second kappa shape index (κ2) is 4.78. The first-order valence-electron chi connectivity index (χ1n) is 5.33. The van der Waals surface area contributed by atoms with E-state index >= 15 is 0 Å². The van der Waals surface area contributed by atoms with Gasteiger partial charge in [-0.3, -0.25) is 9.55 Å². The molecule has 0 spiro atoms. The number of imidazole rings is 1. The van der Waals surface area contributed by atoms with E-state index in [-0.39, 0.29) is 6.03 Å². The van der Waals surface area contributed by atoms with Gasteiger partial charge in [0.25, 0.3) is 0 Å². The van der Waals surface area contributed by atoms with Gasteiger partial charge in [0.2, 0.25) is 0 Å². The summed E-state index contributed by atoms with van der Waals surface area (Å²) in [6.07, 6.45) is 4.70. The zero-order valence-electron chi connectivity index (χ0n) is 9.87. The molecule has 2 rings (SSSR count). The van der Waals surface area contributed by atoms with Crippen LogP contribution in [0.2, 0.25) is 0 Å². The number of carbonyl (C=O) groups excluding carboxylic acids is 1. The van der Waals surface area contributed by atoms with Gasteiger partial charge in [-0.1, -0.05) is 6.07 Å². The van der Waals surface area contributed by atoms with Crippen LogP contribution in [0, 0.1) is 6.92 Å². The summed E-state index contributed by atoms with van der Waals surface area (Å²) in [5.74, 6) is 0. The van der Waals surface area contributed by atoms with Crippen molar-refractivity contribution in [2.24, 2.45) is 0 Å². The maximum atomic E-state index is 11.9. The molecule has 0 saturated heterocycles. The van der Waals surface area contributed by atoms with Crippen molar-refractivity contribution in [3.8, 4) is 0 Å². The van der Waals surface area contributed by atoms with E-state index in [1.165, 1.54) is 10.9 Å². The summed E-state index contributed by atoms with van der Waals surface area (Å²) in [6.45, 7) is 2.42. The largest absolute Gasteiger partial charge is 0.329 e. The van der Waals surface area contributed by atoms with Crippen molar-refractivity contribution in [3.05, 3.63) is 48.3 Å². The summed E-state index contributed by atoms with van der Waals surface area (Å²) in [6, 6.07) is 5.66. The Bertz CT molecular complexity index is 507. The van der Waals surface area contributed by atoms with Crippen LogP contribution in [0.15, 0.2) is 36.9 Å². The molecule has 2 aromatic heterocycles. The van der Waals surface area contributed by atoms with Crippen LogP contribution in [0.5, 0.6) is 0 Å². The first kappa shape index (κ1) is 11.3. The number of pyridine rings is 1. The van der Waals surface area contributed by atoms with Gasteiger partial charge in [-0.05, 0) is 19.1 Å². The third-order valence-corrected chi connectivity index (χ3v) is 2.40. The number of hydrogen-bond donors (Lipinski definition) is 0. The van der Waals surface area contributed by atoms with E-state index in [1.807, 2.05) is 25.1 Å². The molecule has 0 aromatic carbocycles. The molecule has 2 heterocycles. The van der Waals surface area contributed by atoms with E-state index in [0.29, 0.717) is 6.54 Å². The van der Waals surface area contributed by atoms with Gasteiger partial charge in [0.05, 0.1) is 12.2 Å². The third-order valence-electron chi connectivity index (χ3n) is 2.40. The van der Waals surface area contributed by atoms with Crippen LogP contribution in [-0.2, 0) is 6.54 Å². The monoisotopic (exact) mass is 230 g/mol. The molecule has 0 aliphatic carbocycles. The standard InChI is InChI=1S/C12H14N4O/c1-10-4-3-5-11(14-10)8-15(2)12(17)16-7-6-13-9-16/h3-7,9H,8H2,1-2H3. The summed E-state index contributed by atoms with van der Waals surface area (Å²) < 4.78 is 1.44. The molecule has 0 fully saturated rings. The molecule has 0 atom stereocenters. The van der Waals surface area contributed by atoms with Crippen molar-refractivity contribution in [2.75, 3.05) is 7.05 Å². The van der Waals surface area contributed by atoms with E-state index in [4.69, 9.17) is 0 Å². The summed E-state index contributed by atoms with van der Waals surface area (Å²) in [4.78, 5) is 21.7. The van der Waals surface area contributed by atoms with E-state index in [1.54, 1.807) is 24.3 Å². The Morgan fingerprint density at radius 3 is 2.94 bits per heavy atom. The van der Waals surface area contributed by atoms with Crippen LogP contribution in [-0.4, -0.2) is 32.5 Å². The highest BCUT2D eigenvalue weighted by Crippen LogP contribution is 2.03. The predicted octanol–water partition coefficient (Wildman–Crippen LogP) is 1.69. The lowest BCUT2D eigenvalue weighted by atomic mass is 10.3. The molecule has 1 amide bonds. The highest BCUT2D eigenvalue weighted by atomic mass is 16.2. The van der Waals surface area contributed by atoms with E-state index < -0.39 is 0 Å². The van der Waals surface area contributed by atoms with E-state index in [9.17, 15) is 4.79 Å². The van der Waals surface area contributed by atoms with Gasteiger partial charge >= 0.3 is 6.03 Å². The smallest absolute Gasteiger partial charge is 0.321 e. The van der Waals surface area contributed by atoms with Gasteiger partial charge < -0.3 is 4.90 Å². The number of hydrogen-bond acceptors (Lipinski definition) is 3. The lowest BCUT2D eigenvalue weighted by molar-refractivity contribution is 0.208. The highest BCUT2D eigenvalue weighted by molar-refractivity contribution is 5.76. The van der Waals surface area contributed by atoms with Crippen molar-refractivity contribution >= 4 is 6.03 Å². The Morgan fingerprint density at radius 1 is 1.47 bits per heavy atom. The number of aromatic nitrogens is 3. The minimum Gasteiger partial charge on any atom is -0.321 e. The predicted molar refractivity (Wildman–Crippen MR) is 63.5 cm³/mol. The molecule has 0 aliphatic heterocycles. The molecule has 0 unspecified atom stereocenters. The van der Waals surface area contributed by atoms with Crippen LogP contribution in [0.3, 0.4) is 0 Å². The molecular formula is C12H14N4O. The molecule has 5 nitrogen and oxygen atoms in total. The van der Waals surface area contributed by atoms with Gasteiger partial charge in [-0.15, -0.1) is 0 Å². The number of amides is 1. The summed E-state index contributed by atoms with van der Waals surface area (Å²) in [5, 5.41) is 0. The minimum absolute atomic E-state index is 0.120. The molecule has 0 bridgehead atoms. The summed E-state index contributed by atoms with van der Waals surface area (Å²) in [7, 11) is 1.74. The Hall–Kier alpha value is -2.17. The first-order valence-corrected chi connectivity index (χ1v) is 5.33. The third kappa shape index (κ3) is 2.69. The molecule has 0 aliphatic rings. The Morgan fingerprint density at radius 2 is 2.29 bits per heavy atom. The molecule has 0 saturated carbocycles. The SMILES string of the molecule is Cc1cccc(CN(C)C(=O)n2ccnc2)n1. The van der Waals surface area contributed by atoms with E-state index in [2.05, 4.69) is 9.97 Å². The summed E-state index contributed by atoms with van der Waals surface area (Å²) in [5.41, 5.74) is 1.83. The lowest BCUT2D eigenvalue weighted by Gasteiger charge is -2.16. The second-order valence-electron chi connectivity index (χ2n) is 3.88. The Kier molecular flexibility index (Phi) is 3.18. The average Bonchev–Trinajstić information content (AvgIpc) is 2.81.